The topological polar surface area (TPSA) is 58.6 Å². The first kappa shape index (κ1) is 16.4. The minimum Gasteiger partial charge on any atom is -0.394 e. The van der Waals surface area contributed by atoms with Gasteiger partial charge in [0.25, 0.3) is 0 Å². The number of unbranched alkanes of at least 4 members (excludes halogenated alkanes) is 1. The zero-order valence-electron chi connectivity index (χ0n) is 12.4. The molecule has 1 rings (SSSR count). The summed E-state index contributed by atoms with van der Waals surface area (Å²) in [6, 6.07) is -0.268. The number of carbonyl (C=O) groups excluding carboxylic acids is 1. The normalized spacial score (nSPS) is 25.0. The van der Waals surface area contributed by atoms with Gasteiger partial charge in [0.15, 0.2) is 0 Å². The Morgan fingerprint density at radius 3 is 2.58 bits per heavy atom. The number of hydrogen-bond donors (Lipinski definition) is 2. The molecule has 4 heteroatoms. The number of rotatable bonds is 8. The second-order valence-electron chi connectivity index (χ2n) is 5.70. The molecule has 1 unspecified atom stereocenters. The van der Waals surface area contributed by atoms with Crippen LogP contribution < -0.4 is 5.32 Å². The zero-order chi connectivity index (χ0) is 14.1. The maximum absolute atomic E-state index is 12.1. The van der Waals surface area contributed by atoms with Crippen molar-refractivity contribution < 1.29 is 14.6 Å². The fourth-order valence-corrected chi connectivity index (χ4v) is 2.87. The lowest BCUT2D eigenvalue weighted by molar-refractivity contribution is -0.127. The summed E-state index contributed by atoms with van der Waals surface area (Å²) in [4.78, 5) is 12.1. The van der Waals surface area contributed by atoms with Crippen LogP contribution in [-0.4, -0.2) is 37.4 Å². The van der Waals surface area contributed by atoms with Crippen molar-refractivity contribution in [3.8, 4) is 0 Å². The van der Waals surface area contributed by atoms with Crippen LogP contribution in [0, 0.1) is 11.8 Å². The summed E-state index contributed by atoms with van der Waals surface area (Å²) >= 11 is 0. The van der Waals surface area contributed by atoms with Gasteiger partial charge in [-0.2, -0.15) is 0 Å². The molecule has 2 N–H and O–H groups in total. The second kappa shape index (κ2) is 9.32. The van der Waals surface area contributed by atoms with E-state index in [0.29, 0.717) is 6.61 Å². The van der Waals surface area contributed by atoms with Crippen LogP contribution >= 0.6 is 0 Å². The van der Waals surface area contributed by atoms with E-state index >= 15 is 0 Å². The molecule has 0 aromatic rings. The van der Waals surface area contributed by atoms with Crippen molar-refractivity contribution in [1.82, 2.24) is 5.32 Å². The summed E-state index contributed by atoms with van der Waals surface area (Å²) < 4.78 is 4.97. The third-order valence-electron chi connectivity index (χ3n) is 4.12. The van der Waals surface area contributed by atoms with E-state index in [1.807, 2.05) is 0 Å². The van der Waals surface area contributed by atoms with Gasteiger partial charge in [0.1, 0.15) is 0 Å². The molecule has 1 amide bonds. The van der Waals surface area contributed by atoms with Crippen molar-refractivity contribution in [2.75, 3.05) is 20.3 Å². The Balaban J connectivity index is 2.28. The van der Waals surface area contributed by atoms with Crippen LogP contribution in [0.1, 0.15) is 51.9 Å². The average molecular weight is 271 g/mol. The van der Waals surface area contributed by atoms with Crippen LogP contribution in [0.3, 0.4) is 0 Å². The smallest absolute Gasteiger partial charge is 0.223 e. The Morgan fingerprint density at radius 2 is 2.05 bits per heavy atom. The van der Waals surface area contributed by atoms with Gasteiger partial charge in [-0.1, -0.05) is 26.2 Å². The number of methoxy groups -OCH3 is 1. The number of carbonyl (C=O) groups is 1. The summed E-state index contributed by atoms with van der Waals surface area (Å²) in [7, 11) is 1.58. The predicted molar refractivity (Wildman–Crippen MR) is 75.9 cm³/mol. The van der Waals surface area contributed by atoms with Crippen LogP contribution in [0.15, 0.2) is 0 Å². The van der Waals surface area contributed by atoms with Gasteiger partial charge in [-0.25, -0.2) is 0 Å². The first-order valence-corrected chi connectivity index (χ1v) is 7.61. The second-order valence-corrected chi connectivity index (χ2v) is 5.70. The number of nitrogens with one attached hydrogen (secondary N) is 1. The quantitative estimate of drug-likeness (QED) is 0.711. The van der Waals surface area contributed by atoms with Crippen molar-refractivity contribution in [3.05, 3.63) is 0 Å². The Morgan fingerprint density at radius 1 is 1.37 bits per heavy atom. The Labute approximate surface area is 116 Å². The van der Waals surface area contributed by atoms with E-state index in [9.17, 15) is 4.79 Å². The Kier molecular flexibility index (Phi) is 8.07. The number of aliphatic hydroxyl groups is 1. The minimum absolute atomic E-state index is 0.0641. The fraction of sp³-hybridized carbons (Fsp3) is 0.933. The maximum Gasteiger partial charge on any atom is 0.223 e. The van der Waals surface area contributed by atoms with E-state index in [2.05, 4.69) is 12.2 Å². The van der Waals surface area contributed by atoms with Gasteiger partial charge in [-0.15, -0.1) is 0 Å². The van der Waals surface area contributed by atoms with Gasteiger partial charge in [-0.3, -0.25) is 4.79 Å². The van der Waals surface area contributed by atoms with E-state index in [0.717, 1.165) is 18.8 Å². The predicted octanol–water partition coefficient (Wildman–Crippen LogP) is 2.11. The van der Waals surface area contributed by atoms with Gasteiger partial charge in [0.05, 0.1) is 19.3 Å². The lowest BCUT2D eigenvalue weighted by Gasteiger charge is -2.28. The lowest BCUT2D eigenvalue weighted by atomic mass is 9.79. The fourth-order valence-electron chi connectivity index (χ4n) is 2.87. The highest BCUT2D eigenvalue weighted by Gasteiger charge is 2.27. The van der Waals surface area contributed by atoms with E-state index in [-0.39, 0.29) is 24.5 Å². The molecule has 19 heavy (non-hydrogen) atoms. The third-order valence-corrected chi connectivity index (χ3v) is 4.12. The van der Waals surface area contributed by atoms with Crippen LogP contribution in [0.5, 0.6) is 0 Å². The lowest BCUT2D eigenvalue weighted by Crippen LogP contribution is -2.44. The van der Waals surface area contributed by atoms with Gasteiger partial charge < -0.3 is 15.2 Å². The third kappa shape index (κ3) is 5.91. The van der Waals surface area contributed by atoms with Gasteiger partial charge in [-0.05, 0) is 31.6 Å². The molecule has 112 valence electrons. The van der Waals surface area contributed by atoms with Crippen LogP contribution in [0.2, 0.25) is 0 Å². The molecule has 0 saturated heterocycles. The molecule has 0 spiro atoms. The highest BCUT2D eigenvalue weighted by molar-refractivity contribution is 5.79. The molecule has 0 aliphatic heterocycles. The molecule has 1 saturated carbocycles. The number of hydrogen-bond acceptors (Lipinski definition) is 3. The molecule has 0 bridgehead atoms. The highest BCUT2D eigenvalue weighted by atomic mass is 16.5. The molecule has 0 aromatic carbocycles. The van der Waals surface area contributed by atoms with Crippen molar-refractivity contribution in [2.45, 2.75) is 57.9 Å². The van der Waals surface area contributed by atoms with Gasteiger partial charge in [0.2, 0.25) is 5.91 Å². The largest absolute Gasteiger partial charge is 0.394 e. The number of aliphatic hydroxyl groups excluding tert-OH is 1. The molecule has 1 aliphatic rings. The van der Waals surface area contributed by atoms with E-state index in [1.165, 1.54) is 32.1 Å². The molecule has 0 aromatic heterocycles. The van der Waals surface area contributed by atoms with E-state index in [4.69, 9.17) is 9.84 Å². The Bertz CT molecular complexity index is 250. The summed E-state index contributed by atoms with van der Waals surface area (Å²) in [5.41, 5.74) is 0. The van der Waals surface area contributed by atoms with Crippen LogP contribution in [-0.2, 0) is 9.53 Å². The molecule has 0 heterocycles. The molecule has 1 aliphatic carbocycles. The Hall–Kier alpha value is -0.610. The first-order chi connectivity index (χ1) is 9.21. The van der Waals surface area contributed by atoms with Crippen molar-refractivity contribution in [2.24, 2.45) is 11.8 Å². The molecular weight excluding hydrogens is 242 g/mol. The van der Waals surface area contributed by atoms with Crippen molar-refractivity contribution >= 4 is 5.91 Å². The van der Waals surface area contributed by atoms with Crippen LogP contribution in [0.4, 0.5) is 0 Å². The zero-order valence-corrected chi connectivity index (χ0v) is 12.4. The maximum atomic E-state index is 12.1. The molecule has 1 atom stereocenters. The minimum atomic E-state index is -0.268. The van der Waals surface area contributed by atoms with Gasteiger partial charge in [0, 0.05) is 13.0 Å². The molecule has 4 nitrogen and oxygen atoms in total. The first-order valence-electron chi connectivity index (χ1n) is 7.61. The van der Waals surface area contributed by atoms with Crippen molar-refractivity contribution in [3.63, 3.8) is 0 Å². The van der Waals surface area contributed by atoms with E-state index < -0.39 is 0 Å². The molecule has 1 fully saturated rings. The summed E-state index contributed by atoms with van der Waals surface area (Å²) in [5.74, 6) is 1.03. The SMILES string of the molecule is CCCCC1CCC(C(=O)NC(CO)COC)CC1. The summed E-state index contributed by atoms with van der Waals surface area (Å²) in [6.45, 7) is 2.53. The average Bonchev–Trinajstić information content (AvgIpc) is 2.45. The standard InChI is InChI=1S/C15H29NO3/c1-3-4-5-12-6-8-13(9-7-12)15(18)16-14(10-17)11-19-2/h12-14,17H,3-11H2,1-2H3,(H,16,18). The number of amides is 1. The molecular formula is C15H29NO3. The van der Waals surface area contributed by atoms with E-state index in [1.54, 1.807) is 7.11 Å². The van der Waals surface area contributed by atoms with Crippen LogP contribution in [0.25, 0.3) is 0 Å². The number of ether oxygens (including phenoxy) is 1. The monoisotopic (exact) mass is 271 g/mol. The van der Waals surface area contributed by atoms with Crippen molar-refractivity contribution in [1.29, 1.82) is 0 Å². The summed E-state index contributed by atoms with van der Waals surface area (Å²) in [6.07, 6.45) is 8.21. The molecule has 0 radical (unpaired) electrons. The summed E-state index contributed by atoms with van der Waals surface area (Å²) in [5, 5.41) is 12.0. The van der Waals surface area contributed by atoms with Gasteiger partial charge >= 0.3 is 0 Å². The highest BCUT2D eigenvalue weighted by Crippen LogP contribution is 2.31.